The summed E-state index contributed by atoms with van der Waals surface area (Å²) in [5.41, 5.74) is 2.46. The van der Waals surface area contributed by atoms with E-state index in [1.165, 1.54) is 43.2 Å². The Kier molecular flexibility index (Phi) is 5.41. The molecular formula is C22H25N3O. The Morgan fingerprint density at radius 2 is 1.50 bits per heavy atom. The summed E-state index contributed by atoms with van der Waals surface area (Å²) in [5, 5.41) is 7.80. The Morgan fingerprint density at radius 1 is 0.885 bits per heavy atom. The fraction of sp³-hybridized carbons (Fsp3) is 0.364. The van der Waals surface area contributed by atoms with Crippen molar-refractivity contribution in [1.29, 1.82) is 0 Å². The van der Waals surface area contributed by atoms with Crippen LogP contribution >= 0.6 is 0 Å². The van der Waals surface area contributed by atoms with E-state index in [9.17, 15) is 0 Å². The van der Waals surface area contributed by atoms with Crippen molar-refractivity contribution < 1.29 is 4.52 Å². The van der Waals surface area contributed by atoms with Gasteiger partial charge in [-0.25, -0.2) is 0 Å². The van der Waals surface area contributed by atoms with E-state index in [4.69, 9.17) is 4.52 Å². The second-order valence-corrected chi connectivity index (χ2v) is 7.02. The van der Waals surface area contributed by atoms with Gasteiger partial charge in [-0.05, 0) is 24.0 Å². The van der Waals surface area contributed by atoms with Gasteiger partial charge < -0.3 is 4.52 Å². The van der Waals surface area contributed by atoms with Crippen LogP contribution in [0.5, 0.6) is 0 Å². The fourth-order valence-corrected chi connectivity index (χ4v) is 3.77. The maximum absolute atomic E-state index is 5.55. The van der Waals surface area contributed by atoms with E-state index in [-0.39, 0.29) is 6.04 Å². The summed E-state index contributed by atoms with van der Waals surface area (Å²) >= 11 is 0. The highest BCUT2D eigenvalue weighted by Gasteiger charge is 2.22. The summed E-state index contributed by atoms with van der Waals surface area (Å²) < 4.78 is 5.55. The van der Waals surface area contributed by atoms with Crippen molar-refractivity contribution in [2.75, 3.05) is 0 Å². The van der Waals surface area contributed by atoms with Gasteiger partial charge in [0.05, 0.1) is 12.6 Å². The third-order valence-electron chi connectivity index (χ3n) is 5.17. The predicted octanol–water partition coefficient (Wildman–Crippen LogP) is 5.00. The van der Waals surface area contributed by atoms with E-state index in [0.29, 0.717) is 12.5 Å². The van der Waals surface area contributed by atoms with Gasteiger partial charge in [-0.2, -0.15) is 4.98 Å². The highest BCUT2D eigenvalue weighted by molar-refractivity contribution is 5.31. The van der Waals surface area contributed by atoms with E-state index in [1.54, 1.807) is 0 Å². The van der Waals surface area contributed by atoms with Crippen molar-refractivity contribution in [1.82, 2.24) is 15.5 Å². The van der Waals surface area contributed by atoms with Crippen LogP contribution in [-0.2, 0) is 6.54 Å². The molecule has 134 valence electrons. The Morgan fingerprint density at radius 3 is 2.12 bits per heavy atom. The van der Waals surface area contributed by atoms with Gasteiger partial charge >= 0.3 is 0 Å². The first-order chi connectivity index (χ1) is 12.9. The molecule has 0 amide bonds. The van der Waals surface area contributed by atoms with E-state index in [0.717, 1.165) is 11.7 Å². The van der Waals surface area contributed by atoms with E-state index in [2.05, 4.69) is 64.0 Å². The Bertz CT molecular complexity index is 755. The molecule has 1 fully saturated rings. The highest BCUT2D eigenvalue weighted by Crippen LogP contribution is 2.31. The van der Waals surface area contributed by atoms with Crippen LogP contribution in [0.2, 0.25) is 0 Å². The SMILES string of the molecule is c1ccc(C(NCc2noc(C3CCCCC3)n2)c2ccccc2)cc1. The molecule has 26 heavy (non-hydrogen) atoms. The molecule has 0 unspecified atom stereocenters. The van der Waals surface area contributed by atoms with Crippen molar-refractivity contribution in [3.05, 3.63) is 83.5 Å². The van der Waals surface area contributed by atoms with Crippen LogP contribution < -0.4 is 5.32 Å². The van der Waals surface area contributed by atoms with E-state index < -0.39 is 0 Å². The van der Waals surface area contributed by atoms with Crippen LogP contribution in [0.25, 0.3) is 0 Å². The zero-order chi connectivity index (χ0) is 17.6. The van der Waals surface area contributed by atoms with Crippen LogP contribution in [-0.4, -0.2) is 10.1 Å². The van der Waals surface area contributed by atoms with Crippen LogP contribution in [0.15, 0.2) is 65.2 Å². The smallest absolute Gasteiger partial charge is 0.229 e. The van der Waals surface area contributed by atoms with Crippen LogP contribution in [0.1, 0.15) is 66.9 Å². The molecule has 2 aromatic carbocycles. The van der Waals surface area contributed by atoms with Gasteiger partial charge in [-0.1, -0.05) is 85.1 Å². The van der Waals surface area contributed by atoms with E-state index in [1.807, 2.05) is 12.1 Å². The second-order valence-electron chi connectivity index (χ2n) is 7.02. The maximum atomic E-state index is 5.55. The first kappa shape index (κ1) is 17.0. The summed E-state index contributed by atoms with van der Waals surface area (Å²) in [6.45, 7) is 0.588. The summed E-state index contributed by atoms with van der Waals surface area (Å²) in [7, 11) is 0. The summed E-state index contributed by atoms with van der Waals surface area (Å²) in [5.74, 6) is 2.00. The van der Waals surface area contributed by atoms with Crippen molar-refractivity contribution >= 4 is 0 Å². The number of nitrogens with one attached hydrogen (secondary N) is 1. The average molecular weight is 347 g/mol. The fourth-order valence-electron chi connectivity index (χ4n) is 3.77. The minimum Gasteiger partial charge on any atom is -0.339 e. The molecule has 4 nitrogen and oxygen atoms in total. The topological polar surface area (TPSA) is 51.0 Å². The largest absolute Gasteiger partial charge is 0.339 e. The highest BCUT2D eigenvalue weighted by atomic mass is 16.5. The standard InChI is InChI=1S/C22H25N3O/c1-4-10-17(11-5-1)21(18-12-6-2-7-13-18)23-16-20-24-22(26-25-20)19-14-8-3-9-15-19/h1-2,4-7,10-13,19,21,23H,3,8-9,14-16H2. The lowest BCUT2D eigenvalue weighted by molar-refractivity contribution is 0.311. The third-order valence-corrected chi connectivity index (χ3v) is 5.17. The van der Waals surface area contributed by atoms with Gasteiger partial charge in [-0.15, -0.1) is 0 Å². The Hall–Kier alpha value is -2.46. The molecule has 0 aliphatic heterocycles. The zero-order valence-electron chi connectivity index (χ0n) is 15.0. The third kappa shape index (κ3) is 4.02. The molecule has 4 rings (SSSR count). The molecule has 4 heteroatoms. The summed E-state index contributed by atoms with van der Waals surface area (Å²) in [6, 6.07) is 21.1. The minimum absolute atomic E-state index is 0.106. The van der Waals surface area contributed by atoms with Gasteiger partial charge in [0.15, 0.2) is 5.82 Å². The molecule has 1 aliphatic rings. The molecule has 3 aromatic rings. The molecule has 0 radical (unpaired) electrons. The van der Waals surface area contributed by atoms with Gasteiger partial charge in [0.25, 0.3) is 0 Å². The monoisotopic (exact) mass is 347 g/mol. The lowest BCUT2D eigenvalue weighted by atomic mass is 9.89. The Balaban J connectivity index is 1.48. The molecule has 0 spiro atoms. The lowest BCUT2D eigenvalue weighted by Crippen LogP contribution is -2.22. The molecular weight excluding hydrogens is 322 g/mol. The second kappa shape index (κ2) is 8.28. The molecule has 1 heterocycles. The van der Waals surface area contributed by atoms with Gasteiger partial charge in [-0.3, -0.25) is 5.32 Å². The summed E-state index contributed by atoms with van der Waals surface area (Å²) in [6.07, 6.45) is 6.21. The zero-order valence-corrected chi connectivity index (χ0v) is 15.0. The normalized spacial score (nSPS) is 15.4. The molecule has 0 atom stereocenters. The minimum atomic E-state index is 0.106. The van der Waals surface area contributed by atoms with Crippen LogP contribution in [0.4, 0.5) is 0 Å². The maximum Gasteiger partial charge on any atom is 0.229 e. The molecule has 1 saturated carbocycles. The molecule has 0 bridgehead atoms. The molecule has 1 aliphatic carbocycles. The van der Waals surface area contributed by atoms with Crippen molar-refractivity contribution in [3.63, 3.8) is 0 Å². The van der Waals surface area contributed by atoms with Crippen LogP contribution in [0.3, 0.4) is 0 Å². The van der Waals surface area contributed by atoms with Crippen molar-refractivity contribution in [2.45, 2.75) is 50.6 Å². The van der Waals surface area contributed by atoms with Gasteiger partial charge in [0.1, 0.15) is 0 Å². The molecule has 1 N–H and O–H groups in total. The summed E-state index contributed by atoms with van der Waals surface area (Å²) in [4.78, 5) is 4.65. The average Bonchev–Trinajstić information content (AvgIpc) is 3.20. The molecule has 0 saturated heterocycles. The lowest BCUT2D eigenvalue weighted by Gasteiger charge is -2.19. The first-order valence-electron chi connectivity index (χ1n) is 9.56. The van der Waals surface area contributed by atoms with Crippen molar-refractivity contribution in [3.8, 4) is 0 Å². The van der Waals surface area contributed by atoms with Crippen molar-refractivity contribution in [2.24, 2.45) is 0 Å². The van der Waals surface area contributed by atoms with Gasteiger partial charge in [0, 0.05) is 5.92 Å². The number of aromatic nitrogens is 2. The van der Waals surface area contributed by atoms with Gasteiger partial charge in [0.2, 0.25) is 5.89 Å². The number of benzene rings is 2. The first-order valence-corrected chi connectivity index (χ1v) is 9.56. The molecule has 1 aromatic heterocycles. The number of nitrogens with zero attached hydrogens (tertiary/aromatic N) is 2. The number of rotatable bonds is 6. The van der Waals surface area contributed by atoms with Crippen LogP contribution in [0, 0.1) is 0 Å². The predicted molar refractivity (Wildman–Crippen MR) is 102 cm³/mol. The quantitative estimate of drug-likeness (QED) is 0.682. The Labute approximate surface area is 154 Å². The number of hydrogen-bond donors (Lipinski definition) is 1. The number of hydrogen-bond acceptors (Lipinski definition) is 4. The van der Waals surface area contributed by atoms with E-state index >= 15 is 0 Å².